The number of aliphatic imine (C=N–C) groups is 1. The van der Waals surface area contributed by atoms with Gasteiger partial charge in [0.25, 0.3) is 5.24 Å². The molecule has 1 saturated heterocycles. The lowest BCUT2D eigenvalue weighted by Crippen LogP contribution is -2.25. The van der Waals surface area contributed by atoms with Crippen molar-refractivity contribution in [1.29, 1.82) is 0 Å². The highest BCUT2D eigenvalue weighted by molar-refractivity contribution is 8.15. The van der Waals surface area contributed by atoms with Gasteiger partial charge in [0.15, 0.2) is 0 Å². The van der Waals surface area contributed by atoms with Crippen LogP contribution in [0.25, 0.3) is 0 Å². The first-order valence-corrected chi connectivity index (χ1v) is 9.46. The van der Waals surface area contributed by atoms with Crippen LogP contribution < -0.4 is 10.1 Å². The summed E-state index contributed by atoms with van der Waals surface area (Å²) in [4.78, 5) is 27.3. The quantitative estimate of drug-likeness (QED) is 0.825. The maximum absolute atomic E-state index is 11.6. The number of thioether (sulfide) groups is 1. The number of benzene rings is 1. The Morgan fingerprint density at radius 2 is 2.00 bits per heavy atom. The molecule has 6 heteroatoms. The van der Waals surface area contributed by atoms with Crippen LogP contribution >= 0.6 is 11.8 Å². The fraction of sp³-hybridized carbons (Fsp3) is 0.350. The van der Waals surface area contributed by atoms with Crippen molar-refractivity contribution in [2.75, 3.05) is 6.61 Å². The van der Waals surface area contributed by atoms with Gasteiger partial charge in [-0.25, -0.2) is 0 Å². The molecule has 3 rings (SSSR count). The van der Waals surface area contributed by atoms with Gasteiger partial charge in [-0.2, -0.15) is 0 Å². The molecule has 0 bridgehead atoms. The second-order valence-electron chi connectivity index (χ2n) is 6.93. The Bertz CT molecular complexity index is 779. The van der Waals surface area contributed by atoms with E-state index in [9.17, 15) is 9.59 Å². The average molecular weight is 370 g/mol. The van der Waals surface area contributed by atoms with Gasteiger partial charge in [-0.1, -0.05) is 49.9 Å². The van der Waals surface area contributed by atoms with Crippen LogP contribution in [0.1, 0.15) is 25.8 Å². The summed E-state index contributed by atoms with van der Waals surface area (Å²) in [5.74, 6) is 0.567. The van der Waals surface area contributed by atoms with Crippen LogP contribution in [0.2, 0.25) is 0 Å². The lowest BCUT2D eigenvalue weighted by atomic mass is 9.95. The summed E-state index contributed by atoms with van der Waals surface area (Å²) in [6.07, 6.45) is 9.41. The van der Waals surface area contributed by atoms with Crippen molar-refractivity contribution in [1.82, 2.24) is 5.32 Å². The van der Waals surface area contributed by atoms with Crippen molar-refractivity contribution >= 4 is 29.1 Å². The third kappa shape index (κ3) is 5.08. The largest absolute Gasteiger partial charge is 0.493 e. The SMILES string of the molecule is CC1(C)C=CC=C(CCOc2ccc(CC3SC(=O)NC3=O)cc2)N=C1. The molecule has 5 nitrogen and oxygen atoms in total. The topological polar surface area (TPSA) is 67.8 Å². The van der Waals surface area contributed by atoms with Gasteiger partial charge in [-0.3, -0.25) is 19.9 Å². The van der Waals surface area contributed by atoms with E-state index in [4.69, 9.17) is 4.74 Å². The molecular formula is C20H22N2O3S. The third-order valence-electron chi connectivity index (χ3n) is 4.12. The molecule has 136 valence electrons. The Labute approximate surface area is 157 Å². The van der Waals surface area contributed by atoms with E-state index in [0.29, 0.717) is 13.0 Å². The Morgan fingerprint density at radius 3 is 2.69 bits per heavy atom. The molecule has 0 aromatic heterocycles. The van der Waals surface area contributed by atoms with Crippen molar-refractivity contribution in [2.45, 2.75) is 31.9 Å². The van der Waals surface area contributed by atoms with E-state index in [1.807, 2.05) is 42.6 Å². The van der Waals surface area contributed by atoms with E-state index in [2.05, 4.69) is 30.2 Å². The molecule has 2 heterocycles. The Kier molecular flexibility index (Phi) is 5.61. The molecular weight excluding hydrogens is 348 g/mol. The summed E-state index contributed by atoms with van der Waals surface area (Å²) in [6.45, 7) is 4.78. The van der Waals surface area contributed by atoms with Crippen molar-refractivity contribution in [3.05, 3.63) is 53.8 Å². The number of ether oxygens (including phenoxy) is 1. The zero-order valence-corrected chi connectivity index (χ0v) is 15.7. The van der Waals surface area contributed by atoms with E-state index in [1.165, 1.54) is 0 Å². The first kappa shape index (κ1) is 18.5. The zero-order chi connectivity index (χ0) is 18.6. The molecule has 1 unspecified atom stereocenters. The fourth-order valence-corrected chi connectivity index (χ4v) is 3.49. The molecule has 1 aromatic carbocycles. The van der Waals surface area contributed by atoms with Crippen LogP contribution in [0, 0.1) is 5.41 Å². The molecule has 2 aliphatic rings. The minimum Gasteiger partial charge on any atom is -0.493 e. The first-order valence-electron chi connectivity index (χ1n) is 8.58. The smallest absolute Gasteiger partial charge is 0.286 e. The molecule has 1 atom stereocenters. The van der Waals surface area contributed by atoms with E-state index >= 15 is 0 Å². The van der Waals surface area contributed by atoms with E-state index in [0.717, 1.165) is 35.2 Å². The van der Waals surface area contributed by atoms with Crippen LogP contribution in [0.4, 0.5) is 4.79 Å². The van der Waals surface area contributed by atoms with Crippen LogP contribution in [0.3, 0.4) is 0 Å². The predicted octanol–water partition coefficient (Wildman–Crippen LogP) is 3.90. The first-order chi connectivity index (χ1) is 12.4. The standard InChI is InChI=1S/C20H22N2O3S/c1-20(2)10-3-4-15(21-13-20)9-11-25-16-7-5-14(6-8-16)12-17-18(23)22-19(24)26-17/h3-8,10,13,17H,9,11-12H2,1-2H3,(H,22,23,24). The highest BCUT2D eigenvalue weighted by atomic mass is 32.2. The van der Waals surface area contributed by atoms with Crippen molar-refractivity contribution in [3.8, 4) is 5.75 Å². The maximum atomic E-state index is 11.6. The number of carbonyl (C=O) groups is 2. The van der Waals surface area contributed by atoms with Gasteiger partial charge >= 0.3 is 0 Å². The van der Waals surface area contributed by atoms with E-state index in [1.54, 1.807) is 0 Å². The minimum atomic E-state index is -0.341. The summed E-state index contributed by atoms with van der Waals surface area (Å²) in [5, 5.41) is 1.70. The molecule has 26 heavy (non-hydrogen) atoms. The summed E-state index contributed by atoms with van der Waals surface area (Å²) < 4.78 is 5.79. The zero-order valence-electron chi connectivity index (χ0n) is 14.9. The van der Waals surface area contributed by atoms with Crippen LogP contribution in [-0.4, -0.2) is 29.2 Å². The van der Waals surface area contributed by atoms with Gasteiger partial charge in [0, 0.05) is 23.7 Å². The Hall–Kier alpha value is -2.34. The van der Waals surface area contributed by atoms with Gasteiger partial charge < -0.3 is 4.74 Å². The molecule has 0 aliphatic carbocycles. The van der Waals surface area contributed by atoms with Crippen molar-refractivity contribution in [3.63, 3.8) is 0 Å². The van der Waals surface area contributed by atoms with Gasteiger partial charge in [0.1, 0.15) is 5.75 Å². The summed E-state index contributed by atoms with van der Waals surface area (Å²) in [6, 6.07) is 7.64. The average Bonchev–Trinajstić information content (AvgIpc) is 2.79. The van der Waals surface area contributed by atoms with Crippen molar-refractivity contribution in [2.24, 2.45) is 10.4 Å². The number of allylic oxidation sites excluding steroid dienone is 3. The Morgan fingerprint density at radius 1 is 1.23 bits per heavy atom. The third-order valence-corrected chi connectivity index (χ3v) is 5.10. The van der Waals surface area contributed by atoms with Crippen LogP contribution in [0.15, 0.2) is 53.2 Å². The van der Waals surface area contributed by atoms with Gasteiger partial charge in [-0.15, -0.1) is 0 Å². The van der Waals surface area contributed by atoms with Crippen LogP contribution in [0.5, 0.6) is 5.75 Å². The summed E-state index contributed by atoms with van der Waals surface area (Å²) in [5.41, 5.74) is 1.98. The van der Waals surface area contributed by atoms with E-state index in [-0.39, 0.29) is 21.8 Å². The normalized spacial score (nSPS) is 21.3. The molecule has 1 aromatic rings. The molecule has 0 saturated carbocycles. The van der Waals surface area contributed by atoms with Gasteiger partial charge in [-0.05, 0) is 30.2 Å². The number of carbonyl (C=O) groups excluding carboxylic acids is 2. The molecule has 0 radical (unpaired) electrons. The number of hydrogen-bond donors (Lipinski definition) is 1. The minimum absolute atomic E-state index is 0.0198. The van der Waals surface area contributed by atoms with Crippen molar-refractivity contribution < 1.29 is 14.3 Å². The molecule has 2 aliphatic heterocycles. The number of nitrogens with one attached hydrogen (secondary N) is 1. The van der Waals surface area contributed by atoms with Crippen LogP contribution in [-0.2, 0) is 11.2 Å². The number of nitrogens with zero attached hydrogens (tertiary/aromatic N) is 1. The molecule has 1 fully saturated rings. The van der Waals surface area contributed by atoms with Gasteiger partial charge in [0.05, 0.1) is 11.9 Å². The summed E-state index contributed by atoms with van der Waals surface area (Å²) >= 11 is 1.05. The fourth-order valence-electron chi connectivity index (χ4n) is 2.63. The summed E-state index contributed by atoms with van der Waals surface area (Å²) in [7, 11) is 0. The molecule has 1 N–H and O–H groups in total. The number of amides is 2. The number of rotatable bonds is 6. The van der Waals surface area contributed by atoms with E-state index < -0.39 is 0 Å². The maximum Gasteiger partial charge on any atom is 0.286 e. The Balaban J connectivity index is 1.48. The monoisotopic (exact) mass is 370 g/mol. The van der Waals surface area contributed by atoms with Gasteiger partial charge in [0.2, 0.25) is 5.91 Å². The number of hydrogen-bond acceptors (Lipinski definition) is 5. The lowest BCUT2D eigenvalue weighted by Gasteiger charge is -2.11. The highest BCUT2D eigenvalue weighted by Gasteiger charge is 2.31. The number of imide groups is 1. The second kappa shape index (κ2) is 7.91. The lowest BCUT2D eigenvalue weighted by molar-refractivity contribution is -0.118. The predicted molar refractivity (Wildman–Crippen MR) is 105 cm³/mol. The molecule has 2 amide bonds. The highest BCUT2D eigenvalue weighted by Crippen LogP contribution is 2.24. The molecule has 0 spiro atoms. The second-order valence-corrected chi connectivity index (χ2v) is 8.10.